The van der Waals surface area contributed by atoms with E-state index in [0.29, 0.717) is 12.5 Å². The second-order valence-corrected chi connectivity index (χ2v) is 4.39. The molecule has 0 radical (unpaired) electrons. The first kappa shape index (κ1) is 11.0. The molecule has 3 nitrogen and oxygen atoms in total. The molecular weight excluding hydrogens is 202 g/mol. The van der Waals surface area contributed by atoms with Crippen molar-refractivity contribution in [3.63, 3.8) is 0 Å². The highest BCUT2D eigenvalue weighted by Gasteiger charge is 2.38. The summed E-state index contributed by atoms with van der Waals surface area (Å²) < 4.78 is 5.13. The first-order chi connectivity index (χ1) is 7.70. The van der Waals surface area contributed by atoms with Gasteiger partial charge in [0.2, 0.25) is 5.91 Å². The topological polar surface area (TPSA) is 38.3 Å². The summed E-state index contributed by atoms with van der Waals surface area (Å²) in [4.78, 5) is 11.6. The maximum atomic E-state index is 11.6. The quantitative estimate of drug-likeness (QED) is 0.840. The average Bonchev–Trinajstić information content (AvgIpc) is 3.04. The predicted molar refractivity (Wildman–Crippen MR) is 62.1 cm³/mol. The fourth-order valence-corrected chi connectivity index (χ4v) is 1.79. The van der Waals surface area contributed by atoms with Crippen molar-refractivity contribution in [2.45, 2.75) is 19.9 Å². The summed E-state index contributed by atoms with van der Waals surface area (Å²) in [6.45, 7) is 2.69. The maximum Gasteiger partial charge on any atom is 0.223 e. The first-order valence-corrected chi connectivity index (χ1v) is 5.61. The molecule has 0 aromatic heterocycles. The van der Waals surface area contributed by atoms with Crippen LogP contribution in [0.1, 0.15) is 18.9 Å². The Balaban J connectivity index is 1.86. The van der Waals surface area contributed by atoms with Gasteiger partial charge in [0.1, 0.15) is 5.75 Å². The number of hydrogen-bond donors (Lipinski definition) is 1. The van der Waals surface area contributed by atoms with Gasteiger partial charge in [0, 0.05) is 12.5 Å². The zero-order valence-corrected chi connectivity index (χ0v) is 9.69. The minimum absolute atomic E-state index is 0.176. The van der Waals surface area contributed by atoms with Gasteiger partial charge < -0.3 is 10.1 Å². The summed E-state index contributed by atoms with van der Waals surface area (Å²) in [7, 11) is 1.64. The van der Waals surface area contributed by atoms with Crippen LogP contribution in [0.5, 0.6) is 5.75 Å². The van der Waals surface area contributed by atoms with Gasteiger partial charge in [-0.05, 0) is 30.0 Å². The van der Waals surface area contributed by atoms with Crippen LogP contribution in [0, 0.1) is 11.8 Å². The molecule has 2 rings (SSSR count). The molecular formula is C13H17NO2. The molecule has 1 saturated carbocycles. The fraction of sp³-hybridized carbons (Fsp3) is 0.462. The molecule has 86 valence electrons. The molecule has 0 spiro atoms. The van der Waals surface area contributed by atoms with E-state index < -0.39 is 0 Å². The second-order valence-electron chi connectivity index (χ2n) is 4.39. The first-order valence-electron chi connectivity index (χ1n) is 5.61. The summed E-state index contributed by atoms with van der Waals surface area (Å²) in [5.41, 5.74) is 1.07. The van der Waals surface area contributed by atoms with Gasteiger partial charge in [-0.1, -0.05) is 19.1 Å². The summed E-state index contributed by atoms with van der Waals surface area (Å²) in [6, 6.07) is 7.75. The van der Waals surface area contributed by atoms with Crippen LogP contribution >= 0.6 is 0 Å². The Bertz CT molecular complexity index is 389. The minimum Gasteiger partial charge on any atom is -0.497 e. The Morgan fingerprint density at radius 2 is 2.31 bits per heavy atom. The molecule has 1 aliphatic carbocycles. The number of ether oxygens (including phenoxy) is 1. The Hall–Kier alpha value is -1.51. The van der Waals surface area contributed by atoms with Crippen LogP contribution in [-0.4, -0.2) is 13.0 Å². The zero-order chi connectivity index (χ0) is 11.5. The lowest BCUT2D eigenvalue weighted by Crippen LogP contribution is -2.24. The van der Waals surface area contributed by atoms with Crippen LogP contribution in [-0.2, 0) is 11.3 Å². The number of rotatable bonds is 4. The smallest absolute Gasteiger partial charge is 0.223 e. The molecule has 3 heteroatoms. The third kappa shape index (κ3) is 2.54. The Morgan fingerprint density at radius 3 is 2.94 bits per heavy atom. The van der Waals surface area contributed by atoms with E-state index in [0.717, 1.165) is 17.7 Å². The number of benzene rings is 1. The monoisotopic (exact) mass is 219 g/mol. The summed E-state index contributed by atoms with van der Waals surface area (Å²) in [5, 5.41) is 2.95. The van der Waals surface area contributed by atoms with Gasteiger partial charge in [0.15, 0.2) is 0 Å². The number of carbonyl (C=O) groups excluding carboxylic acids is 1. The SMILES string of the molecule is COc1cccc(CNC(=O)[C@H]2C[C@H]2C)c1. The van der Waals surface area contributed by atoms with Crippen molar-refractivity contribution in [2.24, 2.45) is 11.8 Å². The predicted octanol–water partition coefficient (Wildman–Crippen LogP) is 1.97. The van der Waals surface area contributed by atoms with E-state index >= 15 is 0 Å². The lowest BCUT2D eigenvalue weighted by molar-refractivity contribution is -0.122. The van der Waals surface area contributed by atoms with E-state index in [1.807, 2.05) is 24.3 Å². The van der Waals surface area contributed by atoms with Gasteiger partial charge in [-0.25, -0.2) is 0 Å². The van der Waals surface area contributed by atoms with Gasteiger partial charge in [-0.15, -0.1) is 0 Å². The Labute approximate surface area is 95.8 Å². The highest BCUT2D eigenvalue weighted by atomic mass is 16.5. The number of carbonyl (C=O) groups is 1. The summed E-state index contributed by atoms with van der Waals surface area (Å²) in [6.07, 6.45) is 1.03. The van der Waals surface area contributed by atoms with E-state index in [9.17, 15) is 4.79 Å². The van der Waals surface area contributed by atoms with Gasteiger partial charge in [-0.2, -0.15) is 0 Å². The lowest BCUT2D eigenvalue weighted by Gasteiger charge is -2.06. The Kier molecular flexibility index (Phi) is 3.13. The largest absolute Gasteiger partial charge is 0.497 e. The molecule has 16 heavy (non-hydrogen) atoms. The molecule has 0 aliphatic heterocycles. The summed E-state index contributed by atoms with van der Waals surface area (Å²) in [5.74, 6) is 1.80. The highest BCUT2D eigenvalue weighted by Crippen LogP contribution is 2.37. The van der Waals surface area contributed by atoms with Crippen LogP contribution in [0.25, 0.3) is 0 Å². The zero-order valence-electron chi connectivity index (χ0n) is 9.69. The van der Waals surface area contributed by atoms with Crippen molar-refractivity contribution in [2.75, 3.05) is 7.11 Å². The molecule has 1 aliphatic rings. The lowest BCUT2D eigenvalue weighted by atomic mass is 10.2. The second kappa shape index (κ2) is 4.56. The minimum atomic E-state index is 0.176. The van der Waals surface area contributed by atoms with Gasteiger partial charge in [0.25, 0.3) is 0 Å². The van der Waals surface area contributed by atoms with Crippen LogP contribution in [0.3, 0.4) is 0 Å². The van der Waals surface area contributed by atoms with E-state index in [1.54, 1.807) is 7.11 Å². The molecule has 1 fully saturated rings. The van der Waals surface area contributed by atoms with Crippen molar-refractivity contribution in [3.05, 3.63) is 29.8 Å². The van der Waals surface area contributed by atoms with Gasteiger partial charge in [-0.3, -0.25) is 4.79 Å². The average molecular weight is 219 g/mol. The number of nitrogens with one attached hydrogen (secondary N) is 1. The summed E-state index contributed by atoms with van der Waals surface area (Å²) >= 11 is 0. The van der Waals surface area contributed by atoms with Crippen LogP contribution in [0.15, 0.2) is 24.3 Å². The number of amides is 1. The van der Waals surface area contributed by atoms with E-state index in [4.69, 9.17) is 4.74 Å². The highest BCUT2D eigenvalue weighted by molar-refractivity contribution is 5.81. The fourth-order valence-electron chi connectivity index (χ4n) is 1.79. The molecule has 1 N–H and O–H groups in total. The standard InChI is InChI=1S/C13H17NO2/c1-9-6-12(9)13(15)14-8-10-4-3-5-11(7-10)16-2/h3-5,7,9,12H,6,8H2,1-2H3,(H,14,15)/t9-,12+/m1/s1. The van der Waals surface area contributed by atoms with Crippen LogP contribution in [0.4, 0.5) is 0 Å². The maximum absolute atomic E-state index is 11.6. The normalized spacial score (nSPS) is 22.6. The molecule has 0 heterocycles. The number of hydrogen-bond acceptors (Lipinski definition) is 2. The van der Waals surface area contributed by atoms with Gasteiger partial charge >= 0.3 is 0 Å². The molecule has 0 unspecified atom stereocenters. The van der Waals surface area contributed by atoms with Crippen molar-refractivity contribution in [1.82, 2.24) is 5.32 Å². The van der Waals surface area contributed by atoms with E-state index in [-0.39, 0.29) is 11.8 Å². The van der Waals surface area contributed by atoms with Crippen molar-refractivity contribution < 1.29 is 9.53 Å². The molecule has 1 amide bonds. The van der Waals surface area contributed by atoms with Crippen molar-refractivity contribution in [3.8, 4) is 5.75 Å². The third-order valence-electron chi connectivity index (χ3n) is 3.05. The van der Waals surface area contributed by atoms with Crippen LogP contribution < -0.4 is 10.1 Å². The van der Waals surface area contributed by atoms with E-state index in [1.165, 1.54) is 0 Å². The molecule has 1 aromatic rings. The third-order valence-corrected chi connectivity index (χ3v) is 3.05. The van der Waals surface area contributed by atoms with Crippen LogP contribution in [0.2, 0.25) is 0 Å². The number of methoxy groups -OCH3 is 1. The van der Waals surface area contributed by atoms with E-state index in [2.05, 4.69) is 12.2 Å². The van der Waals surface area contributed by atoms with Crippen molar-refractivity contribution in [1.29, 1.82) is 0 Å². The van der Waals surface area contributed by atoms with Gasteiger partial charge in [0.05, 0.1) is 7.11 Å². The molecule has 1 aromatic carbocycles. The molecule has 0 bridgehead atoms. The molecule has 0 saturated heterocycles. The van der Waals surface area contributed by atoms with Crippen molar-refractivity contribution >= 4 is 5.91 Å². The Morgan fingerprint density at radius 1 is 1.56 bits per heavy atom. The molecule has 2 atom stereocenters.